The van der Waals surface area contributed by atoms with Crippen LogP contribution in [0.2, 0.25) is 0 Å². The molecule has 0 bridgehead atoms. The summed E-state index contributed by atoms with van der Waals surface area (Å²) >= 11 is 1.61. The van der Waals surface area contributed by atoms with Gasteiger partial charge in [-0.3, -0.25) is 14.7 Å². The lowest BCUT2D eigenvalue weighted by Crippen LogP contribution is -2.31. The Morgan fingerprint density at radius 1 is 1.36 bits per heavy atom. The first-order valence-corrected chi connectivity index (χ1v) is 8.20. The summed E-state index contributed by atoms with van der Waals surface area (Å²) in [5, 5.41) is 0.735. The molecule has 3 rings (SSSR count). The molecule has 5 nitrogen and oxygen atoms in total. The molecule has 0 fully saturated rings. The zero-order valence-electron chi connectivity index (χ0n) is 12.6. The summed E-state index contributed by atoms with van der Waals surface area (Å²) in [6, 6.07) is 0. The highest BCUT2D eigenvalue weighted by atomic mass is 32.1. The van der Waals surface area contributed by atoms with Crippen molar-refractivity contribution in [1.29, 1.82) is 0 Å². The molecule has 0 atom stereocenters. The molecule has 1 aliphatic rings. The van der Waals surface area contributed by atoms with Crippen LogP contribution in [0.15, 0.2) is 25.0 Å². The summed E-state index contributed by atoms with van der Waals surface area (Å²) in [4.78, 5) is 28.6. The summed E-state index contributed by atoms with van der Waals surface area (Å²) in [5.74, 6) is -0.182. The Balaban J connectivity index is 1.91. The van der Waals surface area contributed by atoms with E-state index in [1.165, 1.54) is 23.9 Å². The number of anilines is 1. The van der Waals surface area contributed by atoms with Crippen LogP contribution in [0, 0.1) is 6.92 Å². The number of hydrogen-bond acceptors (Lipinski definition) is 5. The van der Waals surface area contributed by atoms with Crippen molar-refractivity contribution in [1.82, 2.24) is 15.0 Å². The molecule has 2 aromatic heterocycles. The fourth-order valence-electron chi connectivity index (χ4n) is 2.47. The van der Waals surface area contributed by atoms with Gasteiger partial charge in [-0.15, -0.1) is 17.9 Å². The molecule has 0 radical (unpaired) electrons. The van der Waals surface area contributed by atoms with Crippen LogP contribution in [0.5, 0.6) is 0 Å². The van der Waals surface area contributed by atoms with Gasteiger partial charge in [0.25, 0.3) is 5.91 Å². The van der Waals surface area contributed by atoms with Gasteiger partial charge in [0.1, 0.15) is 5.69 Å². The highest BCUT2D eigenvalue weighted by Gasteiger charge is 2.24. The van der Waals surface area contributed by atoms with E-state index in [1.807, 2.05) is 6.92 Å². The van der Waals surface area contributed by atoms with E-state index in [-0.39, 0.29) is 5.91 Å². The first kappa shape index (κ1) is 14.8. The topological polar surface area (TPSA) is 59.0 Å². The molecule has 0 aromatic carbocycles. The minimum absolute atomic E-state index is 0.182. The fraction of sp³-hybridized carbons (Fsp3) is 0.375. The fourth-order valence-corrected chi connectivity index (χ4v) is 3.63. The number of nitrogens with zero attached hydrogens (tertiary/aromatic N) is 4. The Labute approximate surface area is 133 Å². The van der Waals surface area contributed by atoms with Crippen molar-refractivity contribution < 1.29 is 4.79 Å². The molecular weight excluding hydrogens is 296 g/mol. The number of aromatic nitrogens is 3. The lowest BCUT2D eigenvalue weighted by Gasteiger charge is -2.17. The van der Waals surface area contributed by atoms with Gasteiger partial charge in [0.2, 0.25) is 0 Å². The maximum absolute atomic E-state index is 12.7. The lowest BCUT2D eigenvalue weighted by molar-refractivity contribution is 0.0984. The van der Waals surface area contributed by atoms with E-state index in [9.17, 15) is 4.79 Å². The van der Waals surface area contributed by atoms with Gasteiger partial charge in [0, 0.05) is 17.6 Å². The normalized spacial score (nSPS) is 13.5. The minimum atomic E-state index is -0.182. The van der Waals surface area contributed by atoms with Crippen molar-refractivity contribution in [3.05, 3.63) is 47.0 Å². The van der Waals surface area contributed by atoms with Gasteiger partial charge < -0.3 is 0 Å². The molecule has 1 amide bonds. The van der Waals surface area contributed by atoms with Crippen LogP contribution in [0.4, 0.5) is 5.13 Å². The summed E-state index contributed by atoms with van der Waals surface area (Å²) < 4.78 is 0. The third-order valence-electron chi connectivity index (χ3n) is 3.62. The number of thiazole rings is 1. The average molecular weight is 314 g/mol. The first-order chi connectivity index (χ1) is 10.7. The summed E-state index contributed by atoms with van der Waals surface area (Å²) in [7, 11) is 0. The number of hydrogen-bond donors (Lipinski definition) is 0. The van der Waals surface area contributed by atoms with Gasteiger partial charge in [-0.2, -0.15) is 0 Å². The van der Waals surface area contributed by atoms with E-state index in [2.05, 4.69) is 21.5 Å². The second-order valence-electron chi connectivity index (χ2n) is 5.32. The highest BCUT2D eigenvalue weighted by Crippen LogP contribution is 2.32. The van der Waals surface area contributed by atoms with Crippen LogP contribution < -0.4 is 4.90 Å². The van der Waals surface area contributed by atoms with Gasteiger partial charge in [0.15, 0.2) is 5.13 Å². The molecule has 2 heterocycles. The van der Waals surface area contributed by atoms with Crippen LogP contribution >= 0.6 is 11.3 Å². The predicted molar refractivity (Wildman–Crippen MR) is 87.4 cm³/mol. The molecule has 0 saturated carbocycles. The monoisotopic (exact) mass is 314 g/mol. The third kappa shape index (κ3) is 2.92. The summed E-state index contributed by atoms with van der Waals surface area (Å²) in [6.45, 7) is 6.01. The first-order valence-electron chi connectivity index (χ1n) is 7.39. The summed E-state index contributed by atoms with van der Waals surface area (Å²) in [5.41, 5.74) is 2.26. The Bertz CT molecular complexity index is 669. The van der Waals surface area contributed by atoms with E-state index in [0.29, 0.717) is 12.2 Å². The van der Waals surface area contributed by atoms with Crippen LogP contribution in [0.25, 0.3) is 0 Å². The SMILES string of the molecule is C=CCN(C(=O)c1cnc(C)cn1)c1nc2c(s1)CCCC2. The van der Waals surface area contributed by atoms with Gasteiger partial charge in [-0.25, -0.2) is 9.97 Å². The maximum atomic E-state index is 12.7. The van der Waals surface area contributed by atoms with Crippen molar-refractivity contribution in [2.75, 3.05) is 11.4 Å². The van der Waals surface area contributed by atoms with Crippen LogP contribution in [-0.4, -0.2) is 27.4 Å². The van der Waals surface area contributed by atoms with E-state index in [1.54, 1.807) is 28.5 Å². The molecule has 0 saturated heterocycles. The maximum Gasteiger partial charge on any atom is 0.280 e. The van der Waals surface area contributed by atoms with Crippen LogP contribution in [0.3, 0.4) is 0 Å². The van der Waals surface area contributed by atoms with Gasteiger partial charge >= 0.3 is 0 Å². The molecule has 6 heteroatoms. The molecule has 1 aliphatic carbocycles. The molecule has 0 N–H and O–H groups in total. The van der Waals surface area contributed by atoms with E-state index in [0.717, 1.165) is 29.4 Å². The van der Waals surface area contributed by atoms with E-state index >= 15 is 0 Å². The van der Waals surface area contributed by atoms with Gasteiger partial charge in [0.05, 0.1) is 17.6 Å². The average Bonchev–Trinajstić information content (AvgIpc) is 2.96. The van der Waals surface area contributed by atoms with E-state index < -0.39 is 0 Å². The lowest BCUT2D eigenvalue weighted by atomic mass is 10.0. The number of carbonyl (C=O) groups is 1. The number of rotatable bonds is 4. The van der Waals surface area contributed by atoms with Crippen molar-refractivity contribution in [3.63, 3.8) is 0 Å². The second kappa shape index (κ2) is 6.36. The second-order valence-corrected chi connectivity index (χ2v) is 6.38. The molecule has 0 unspecified atom stereocenters. The molecule has 0 spiro atoms. The molecule has 0 aliphatic heterocycles. The number of aryl methyl sites for hydroxylation is 3. The summed E-state index contributed by atoms with van der Waals surface area (Å²) in [6.07, 6.45) is 9.27. The van der Waals surface area contributed by atoms with Crippen LogP contribution in [0.1, 0.15) is 39.6 Å². The van der Waals surface area contributed by atoms with Gasteiger partial charge in [-0.05, 0) is 32.6 Å². The Hall–Kier alpha value is -2.08. The number of amides is 1. The minimum Gasteiger partial charge on any atom is -0.279 e. The molecule has 2 aromatic rings. The van der Waals surface area contributed by atoms with Crippen LogP contribution in [-0.2, 0) is 12.8 Å². The zero-order valence-corrected chi connectivity index (χ0v) is 13.4. The largest absolute Gasteiger partial charge is 0.280 e. The van der Waals surface area contributed by atoms with Crippen molar-refractivity contribution in [2.45, 2.75) is 32.6 Å². The standard InChI is InChI=1S/C16H18N4OS/c1-3-8-20(15(21)13-10-17-11(2)9-18-13)16-19-12-6-4-5-7-14(12)22-16/h3,9-10H,1,4-8H2,2H3. The van der Waals surface area contributed by atoms with Gasteiger partial charge in [-0.1, -0.05) is 6.08 Å². The Kier molecular flexibility index (Phi) is 4.29. The highest BCUT2D eigenvalue weighted by molar-refractivity contribution is 7.16. The van der Waals surface area contributed by atoms with Crippen molar-refractivity contribution in [3.8, 4) is 0 Å². The van der Waals surface area contributed by atoms with Crippen molar-refractivity contribution >= 4 is 22.4 Å². The molecule has 114 valence electrons. The Morgan fingerprint density at radius 3 is 2.86 bits per heavy atom. The number of fused-ring (bicyclic) bond motifs is 1. The van der Waals surface area contributed by atoms with Crippen molar-refractivity contribution in [2.24, 2.45) is 0 Å². The smallest absolute Gasteiger partial charge is 0.279 e. The molecule has 22 heavy (non-hydrogen) atoms. The Morgan fingerprint density at radius 2 is 2.18 bits per heavy atom. The number of carbonyl (C=O) groups excluding carboxylic acids is 1. The predicted octanol–water partition coefficient (Wildman–Crippen LogP) is 2.95. The molecular formula is C16H18N4OS. The van der Waals surface area contributed by atoms with E-state index in [4.69, 9.17) is 0 Å². The zero-order chi connectivity index (χ0) is 15.5. The quantitative estimate of drug-likeness (QED) is 0.814. The third-order valence-corrected chi connectivity index (χ3v) is 4.80.